The lowest BCUT2D eigenvalue weighted by Gasteiger charge is -2.01. The van der Waals surface area contributed by atoms with Crippen LogP contribution < -0.4 is 0 Å². The minimum atomic E-state index is -0.209. The Balaban J connectivity index is 2.27. The van der Waals surface area contributed by atoms with Crippen LogP contribution in [0.25, 0.3) is 0 Å². The van der Waals surface area contributed by atoms with Crippen molar-refractivity contribution >= 4 is 17.7 Å². The van der Waals surface area contributed by atoms with E-state index in [4.69, 9.17) is 4.74 Å². The summed E-state index contributed by atoms with van der Waals surface area (Å²) < 4.78 is 5.03. The van der Waals surface area contributed by atoms with E-state index in [2.05, 4.69) is 22.1 Å². The van der Waals surface area contributed by atoms with Gasteiger partial charge in [-0.05, 0) is 6.42 Å². The Hall–Kier alpha value is -1.04. The number of carbonyl (C=O) groups is 1. The third-order valence-electron chi connectivity index (χ3n) is 2.11. The van der Waals surface area contributed by atoms with Crippen molar-refractivity contribution in [1.29, 1.82) is 0 Å². The van der Waals surface area contributed by atoms with Gasteiger partial charge in [0.2, 0.25) is 5.16 Å². The maximum Gasteiger partial charge on any atom is 0.316 e. The van der Waals surface area contributed by atoms with Crippen molar-refractivity contribution in [2.24, 2.45) is 0 Å². The summed E-state index contributed by atoms with van der Waals surface area (Å²) >= 11 is 1.30. The van der Waals surface area contributed by atoms with Gasteiger partial charge in [-0.25, -0.2) is 4.98 Å². The molecule has 1 rings (SSSR count). The molecule has 1 aromatic rings. The van der Waals surface area contributed by atoms with Crippen LogP contribution in [-0.2, 0) is 9.53 Å². The number of thioether (sulfide) groups is 1. The molecular weight excluding hydrogens is 238 g/mol. The number of unbranched alkanes of at least 4 members (excludes halogenated alkanes) is 1. The van der Waals surface area contributed by atoms with Gasteiger partial charge in [0.25, 0.3) is 0 Å². The first-order chi connectivity index (χ1) is 8.13. The molecule has 0 atom stereocenters. The molecule has 5 nitrogen and oxygen atoms in total. The number of aromatic nitrogens is 3. The molecule has 0 aliphatic heterocycles. The SMILES string of the molecule is CCCCOC(=O)CSc1n[nH]c(C(C)C)n1. The van der Waals surface area contributed by atoms with Crippen molar-refractivity contribution in [3.63, 3.8) is 0 Å². The second-order valence-corrected chi connectivity index (χ2v) is 4.96. The van der Waals surface area contributed by atoms with Crippen LogP contribution in [0.4, 0.5) is 0 Å². The lowest BCUT2D eigenvalue weighted by molar-refractivity contribution is -0.140. The zero-order chi connectivity index (χ0) is 12.7. The van der Waals surface area contributed by atoms with Crippen LogP contribution in [0.2, 0.25) is 0 Å². The highest BCUT2D eigenvalue weighted by atomic mass is 32.2. The number of aromatic amines is 1. The molecule has 96 valence electrons. The van der Waals surface area contributed by atoms with Crippen molar-refractivity contribution in [2.75, 3.05) is 12.4 Å². The quantitative estimate of drug-likeness (QED) is 0.461. The molecule has 0 fully saturated rings. The van der Waals surface area contributed by atoms with E-state index < -0.39 is 0 Å². The van der Waals surface area contributed by atoms with Crippen molar-refractivity contribution in [1.82, 2.24) is 15.2 Å². The zero-order valence-corrected chi connectivity index (χ0v) is 11.3. The van der Waals surface area contributed by atoms with E-state index in [-0.39, 0.29) is 11.7 Å². The number of nitrogens with zero attached hydrogens (tertiary/aromatic N) is 2. The smallest absolute Gasteiger partial charge is 0.316 e. The highest BCUT2D eigenvalue weighted by molar-refractivity contribution is 7.99. The van der Waals surface area contributed by atoms with Gasteiger partial charge in [-0.1, -0.05) is 39.0 Å². The Morgan fingerprint density at radius 1 is 1.53 bits per heavy atom. The minimum absolute atomic E-state index is 0.209. The number of rotatable bonds is 7. The molecule has 1 heterocycles. The second kappa shape index (κ2) is 7.32. The van der Waals surface area contributed by atoms with Crippen molar-refractivity contribution in [3.8, 4) is 0 Å². The summed E-state index contributed by atoms with van der Waals surface area (Å²) in [7, 11) is 0. The fraction of sp³-hybridized carbons (Fsp3) is 0.727. The highest BCUT2D eigenvalue weighted by Gasteiger charge is 2.09. The molecule has 0 bridgehead atoms. The number of hydrogen-bond donors (Lipinski definition) is 1. The first-order valence-electron chi connectivity index (χ1n) is 5.84. The van der Waals surface area contributed by atoms with Crippen molar-refractivity contribution in [2.45, 2.75) is 44.7 Å². The van der Waals surface area contributed by atoms with Gasteiger partial charge < -0.3 is 4.74 Å². The molecule has 6 heteroatoms. The fourth-order valence-electron chi connectivity index (χ4n) is 1.08. The molecule has 0 saturated heterocycles. The van der Waals surface area contributed by atoms with E-state index in [9.17, 15) is 4.79 Å². The Morgan fingerprint density at radius 3 is 2.88 bits per heavy atom. The maximum atomic E-state index is 11.3. The van der Waals surface area contributed by atoms with Gasteiger partial charge in [-0.2, -0.15) is 0 Å². The summed E-state index contributed by atoms with van der Waals surface area (Å²) in [4.78, 5) is 15.6. The topological polar surface area (TPSA) is 67.9 Å². The minimum Gasteiger partial charge on any atom is -0.465 e. The lowest BCUT2D eigenvalue weighted by atomic mass is 10.2. The summed E-state index contributed by atoms with van der Waals surface area (Å²) in [6, 6.07) is 0. The monoisotopic (exact) mass is 257 g/mol. The van der Waals surface area contributed by atoms with Crippen LogP contribution in [0.5, 0.6) is 0 Å². The number of carbonyl (C=O) groups excluding carboxylic acids is 1. The van der Waals surface area contributed by atoms with E-state index in [1.165, 1.54) is 11.8 Å². The Morgan fingerprint density at radius 2 is 2.29 bits per heavy atom. The van der Waals surface area contributed by atoms with Crippen LogP contribution in [0, 0.1) is 0 Å². The van der Waals surface area contributed by atoms with Gasteiger partial charge in [0, 0.05) is 5.92 Å². The van der Waals surface area contributed by atoms with Gasteiger partial charge in [0.1, 0.15) is 5.82 Å². The van der Waals surface area contributed by atoms with Gasteiger partial charge in [0.15, 0.2) is 0 Å². The largest absolute Gasteiger partial charge is 0.465 e. The van der Waals surface area contributed by atoms with E-state index in [1.807, 2.05) is 13.8 Å². The van der Waals surface area contributed by atoms with E-state index in [0.29, 0.717) is 17.7 Å². The highest BCUT2D eigenvalue weighted by Crippen LogP contribution is 2.16. The molecular formula is C11H19N3O2S. The number of H-pyrrole nitrogens is 1. The Kier molecular flexibility index (Phi) is 6.04. The molecule has 0 amide bonds. The van der Waals surface area contributed by atoms with Crippen molar-refractivity contribution in [3.05, 3.63) is 5.82 Å². The number of nitrogens with one attached hydrogen (secondary N) is 1. The first kappa shape index (κ1) is 14.0. The predicted molar refractivity (Wildman–Crippen MR) is 67.1 cm³/mol. The summed E-state index contributed by atoms with van der Waals surface area (Å²) in [5.41, 5.74) is 0. The Bertz CT molecular complexity index is 352. The molecule has 0 aromatic carbocycles. The predicted octanol–water partition coefficient (Wildman–Crippen LogP) is 2.36. The number of ether oxygens (including phenoxy) is 1. The molecule has 1 aromatic heterocycles. The zero-order valence-electron chi connectivity index (χ0n) is 10.5. The molecule has 0 spiro atoms. The standard InChI is InChI=1S/C11H19N3O2S/c1-4-5-6-16-9(15)7-17-11-12-10(8(2)3)13-14-11/h8H,4-7H2,1-3H3,(H,12,13,14). The molecule has 0 aliphatic rings. The lowest BCUT2D eigenvalue weighted by Crippen LogP contribution is -2.08. The second-order valence-electron chi connectivity index (χ2n) is 4.02. The van der Waals surface area contributed by atoms with E-state index in [0.717, 1.165) is 18.7 Å². The Labute approximate surface area is 106 Å². The molecule has 0 unspecified atom stereocenters. The van der Waals surface area contributed by atoms with Crippen LogP contribution in [0.15, 0.2) is 5.16 Å². The summed E-state index contributed by atoms with van der Waals surface area (Å²) in [6.45, 7) is 6.63. The van der Waals surface area contributed by atoms with Crippen LogP contribution in [0.3, 0.4) is 0 Å². The summed E-state index contributed by atoms with van der Waals surface area (Å²) in [6.07, 6.45) is 1.94. The summed E-state index contributed by atoms with van der Waals surface area (Å²) in [5, 5.41) is 7.47. The van der Waals surface area contributed by atoms with E-state index in [1.54, 1.807) is 0 Å². The number of hydrogen-bond acceptors (Lipinski definition) is 5. The van der Waals surface area contributed by atoms with Gasteiger partial charge >= 0.3 is 5.97 Å². The van der Waals surface area contributed by atoms with Crippen molar-refractivity contribution < 1.29 is 9.53 Å². The van der Waals surface area contributed by atoms with E-state index >= 15 is 0 Å². The first-order valence-corrected chi connectivity index (χ1v) is 6.82. The van der Waals surface area contributed by atoms with Gasteiger partial charge in [-0.15, -0.1) is 5.10 Å². The molecule has 17 heavy (non-hydrogen) atoms. The van der Waals surface area contributed by atoms with Crippen LogP contribution >= 0.6 is 11.8 Å². The average Bonchev–Trinajstić information content (AvgIpc) is 2.75. The molecule has 0 radical (unpaired) electrons. The molecule has 0 saturated carbocycles. The fourth-order valence-corrected chi connectivity index (χ4v) is 1.68. The van der Waals surface area contributed by atoms with Gasteiger partial charge in [0.05, 0.1) is 12.4 Å². The molecule has 0 aliphatic carbocycles. The molecule has 1 N–H and O–H groups in total. The van der Waals surface area contributed by atoms with Crippen LogP contribution in [-0.4, -0.2) is 33.5 Å². The average molecular weight is 257 g/mol. The summed E-state index contributed by atoms with van der Waals surface area (Å²) in [5.74, 6) is 1.21. The normalized spacial score (nSPS) is 10.8. The third-order valence-corrected chi connectivity index (χ3v) is 2.93. The van der Waals surface area contributed by atoms with Crippen LogP contribution in [0.1, 0.15) is 45.4 Å². The maximum absolute atomic E-state index is 11.3. The van der Waals surface area contributed by atoms with Gasteiger partial charge in [-0.3, -0.25) is 9.89 Å². The number of esters is 1. The third kappa shape index (κ3) is 5.21.